The van der Waals surface area contributed by atoms with Crippen LogP contribution in [0.15, 0.2) is 12.7 Å². The molecule has 1 heteroatoms. The Morgan fingerprint density at radius 1 is 0.929 bits per heavy atom. The summed E-state index contributed by atoms with van der Waals surface area (Å²) in [5.41, 5.74) is 0. The van der Waals surface area contributed by atoms with E-state index in [2.05, 4.69) is 17.6 Å². The SMILES string of the molecule is C=CCN(C1CCCC1)C1CCCC1. The molecule has 0 aliphatic heterocycles. The Labute approximate surface area is 88.2 Å². The van der Waals surface area contributed by atoms with Crippen molar-refractivity contribution in [3.63, 3.8) is 0 Å². The van der Waals surface area contributed by atoms with E-state index in [0.717, 1.165) is 18.6 Å². The fraction of sp³-hybridized carbons (Fsp3) is 0.846. The molecule has 0 aromatic rings. The van der Waals surface area contributed by atoms with E-state index in [9.17, 15) is 0 Å². The second-order valence-corrected chi connectivity index (χ2v) is 4.86. The quantitative estimate of drug-likeness (QED) is 0.619. The van der Waals surface area contributed by atoms with Crippen LogP contribution in [0.4, 0.5) is 0 Å². The molecule has 0 heterocycles. The number of rotatable bonds is 4. The molecule has 0 unspecified atom stereocenters. The van der Waals surface area contributed by atoms with Crippen molar-refractivity contribution in [1.82, 2.24) is 4.90 Å². The maximum absolute atomic E-state index is 3.90. The Balaban J connectivity index is 1.94. The van der Waals surface area contributed by atoms with Gasteiger partial charge in [0.1, 0.15) is 0 Å². The Morgan fingerprint density at radius 3 is 1.71 bits per heavy atom. The zero-order valence-electron chi connectivity index (χ0n) is 9.25. The van der Waals surface area contributed by atoms with E-state index in [1.165, 1.54) is 51.4 Å². The van der Waals surface area contributed by atoms with Crippen molar-refractivity contribution in [2.45, 2.75) is 63.5 Å². The van der Waals surface area contributed by atoms with Crippen molar-refractivity contribution in [2.75, 3.05) is 6.54 Å². The van der Waals surface area contributed by atoms with Crippen molar-refractivity contribution in [3.05, 3.63) is 12.7 Å². The molecule has 80 valence electrons. The van der Waals surface area contributed by atoms with Crippen molar-refractivity contribution in [1.29, 1.82) is 0 Å². The standard InChI is InChI=1S/C13H23N/c1-2-11-14(12-7-3-4-8-12)13-9-5-6-10-13/h2,12-13H,1,3-11H2. The minimum atomic E-state index is 0.885. The molecule has 2 saturated carbocycles. The molecule has 2 aliphatic rings. The average Bonchev–Trinajstić information content (AvgIpc) is 2.87. The highest BCUT2D eigenvalue weighted by atomic mass is 15.2. The van der Waals surface area contributed by atoms with Gasteiger partial charge in [-0.2, -0.15) is 0 Å². The third kappa shape index (κ3) is 2.20. The molecule has 2 rings (SSSR count). The van der Waals surface area contributed by atoms with Crippen LogP contribution in [0.2, 0.25) is 0 Å². The van der Waals surface area contributed by atoms with Gasteiger partial charge in [0.15, 0.2) is 0 Å². The Hall–Kier alpha value is -0.300. The normalized spacial score (nSPS) is 24.9. The van der Waals surface area contributed by atoms with Gasteiger partial charge in [0.25, 0.3) is 0 Å². The van der Waals surface area contributed by atoms with Crippen molar-refractivity contribution >= 4 is 0 Å². The summed E-state index contributed by atoms with van der Waals surface area (Å²) in [7, 11) is 0. The third-order valence-corrected chi connectivity index (χ3v) is 3.93. The second kappa shape index (κ2) is 4.97. The van der Waals surface area contributed by atoms with Gasteiger partial charge < -0.3 is 0 Å². The molecule has 2 fully saturated rings. The maximum atomic E-state index is 3.90. The van der Waals surface area contributed by atoms with Gasteiger partial charge >= 0.3 is 0 Å². The van der Waals surface area contributed by atoms with Crippen LogP contribution in [0.25, 0.3) is 0 Å². The predicted octanol–water partition coefficient (Wildman–Crippen LogP) is 3.36. The number of nitrogens with zero attached hydrogens (tertiary/aromatic N) is 1. The van der Waals surface area contributed by atoms with E-state index in [4.69, 9.17) is 0 Å². The molecule has 0 aromatic carbocycles. The van der Waals surface area contributed by atoms with Crippen LogP contribution in [-0.4, -0.2) is 23.5 Å². The highest BCUT2D eigenvalue weighted by Gasteiger charge is 2.29. The number of hydrogen-bond donors (Lipinski definition) is 0. The van der Waals surface area contributed by atoms with Crippen LogP contribution in [-0.2, 0) is 0 Å². The lowest BCUT2D eigenvalue weighted by Gasteiger charge is -2.33. The molecule has 1 nitrogen and oxygen atoms in total. The number of hydrogen-bond acceptors (Lipinski definition) is 1. The summed E-state index contributed by atoms with van der Waals surface area (Å²) in [6.45, 7) is 5.02. The summed E-state index contributed by atoms with van der Waals surface area (Å²) >= 11 is 0. The summed E-state index contributed by atoms with van der Waals surface area (Å²) in [6.07, 6.45) is 13.6. The van der Waals surface area contributed by atoms with Gasteiger partial charge in [0, 0.05) is 18.6 Å². The van der Waals surface area contributed by atoms with Gasteiger partial charge in [-0.3, -0.25) is 4.90 Å². The third-order valence-electron chi connectivity index (χ3n) is 3.93. The lowest BCUT2D eigenvalue weighted by Crippen LogP contribution is -2.40. The molecule has 0 amide bonds. The van der Waals surface area contributed by atoms with Crippen molar-refractivity contribution in [2.24, 2.45) is 0 Å². The minimum Gasteiger partial charge on any atom is -0.294 e. The fourth-order valence-electron chi connectivity index (χ4n) is 3.22. The summed E-state index contributed by atoms with van der Waals surface area (Å²) in [5, 5.41) is 0. The topological polar surface area (TPSA) is 3.24 Å². The average molecular weight is 193 g/mol. The largest absolute Gasteiger partial charge is 0.294 e. The molecule has 0 radical (unpaired) electrons. The molecule has 0 atom stereocenters. The van der Waals surface area contributed by atoms with Gasteiger partial charge in [0.05, 0.1) is 0 Å². The Bertz CT molecular complexity index is 160. The van der Waals surface area contributed by atoms with Crippen LogP contribution in [0.3, 0.4) is 0 Å². The first-order valence-electron chi connectivity index (χ1n) is 6.28. The highest BCUT2D eigenvalue weighted by Crippen LogP contribution is 2.31. The summed E-state index contributed by atoms with van der Waals surface area (Å²) < 4.78 is 0. The fourth-order valence-corrected chi connectivity index (χ4v) is 3.22. The molecular formula is C13H23N. The van der Waals surface area contributed by atoms with Crippen LogP contribution in [0.5, 0.6) is 0 Å². The first-order chi connectivity index (χ1) is 6.92. The Kier molecular flexibility index (Phi) is 3.63. The van der Waals surface area contributed by atoms with Crippen molar-refractivity contribution in [3.8, 4) is 0 Å². The second-order valence-electron chi connectivity index (χ2n) is 4.86. The van der Waals surface area contributed by atoms with Crippen LogP contribution >= 0.6 is 0 Å². The van der Waals surface area contributed by atoms with Gasteiger partial charge in [-0.1, -0.05) is 31.8 Å². The van der Waals surface area contributed by atoms with Gasteiger partial charge in [-0.15, -0.1) is 6.58 Å². The molecule has 0 saturated heterocycles. The molecule has 0 N–H and O–H groups in total. The monoisotopic (exact) mass is 193 g/mol. The molecule has 0 spiro atoms. The maximum Gasteiger partial charge on any atom is 0.0166 e. The smallest absolute Gasteiger partial charge is 0.0166 e. The van der Waals surface area contributed by atoms with E-state index in [1.807, 2.05) is 0 Å². The lowest BCUT2D eigenvalue weighted by molar-refractivity contribution is 0.155. The molecular weight excluding hydrogens is 170 g/mol. The first kappa shape index (κ1) is 10.2. The van der Waals surface area contributed by atoms with Crippen LogP contribution in [0.1, 0.15) is 51.4 Å². The first-order valence-corrected chi connectivity index (χ1v) is 6.28. The van der Waals surface area contributed by atoms with Crippen LogP contribution in [0, 0.1) is 0 Å². The Morgan fingerprint density at radius 2 is 1.36 bits per heavy atom. The molecule has 0 bridgehead atoms. The van der Waals surface area contributed by atoms with E-state index >= 15 is 0 Å². The van der Waals surface area contributed by atoms with Gasteiger partial charge in [0.2, 0.25) is 0 Å². The van der Waals surface area contributed by atoms with Crippen LogP contribution < -0.4 is 0 Å². The molecule has 0 aromatic heterocycles. The van der Waals surface area contributed by atoms with Gasteiger partial charge in [-0.05, 0) is 25.7 Å². The summed E-state index contributed by atoms with van der Waals surface area (Å²) in [6, 6.07) is 1.77. The molecule has 2 aliphatic carbocycles. The van der Waals surface area contributed by atoms with E-state index in [1.54, 1.807) is 0 Å². The van der Waals surface area contributed by atoms with Gasteiger partial charge in [-0.25, -0.2) is 0 Å². The highest BCUT2D eigenvalue weighted by molar-refractivity contribution is 4.89. The summed E-state index contributed by atoms with van der Waals surface area (Å²) in [5.74, 6) is 0. The van der Waals surface area contributed by atoms with E-state index < -0.39 is 0 Å². The lowest BCUT2D eigenvalue weighted by atomic mass is 10.1. The minimum absolute atomic E-state index is 0.885. The molecule has 14 heavy (non-hydrogen) atoms. The van der Waals surface area contributed by atoms with Crippen molar-refractivity contribution < 1.29 is 0 Å². The zero-order valence-corrected chi connectivity index (χ0v) is 9.25. The predicted molar refractivity (Wildman–Crippen MR) is 61.4 cm³/mol. The van der Waals surface area contributed by atoms with E-state index in [-0.39, 0.29) is 0 Å². The zero-order chi connectivity index (χ0) is 9.80. The summed E-state index contributed by atoms with van der Waals surface area (Å²) in [4.78, 5) is 2.74. The van der Waals surface area contributed by atoms with E-state index in [0.29, 0.717) is 0 Å².